The third-order valence-corrected chi connectivity index (χ3v) is 12.3. The van der Waals surface area contributed by atoms with Gasteiger partial charge >= 0.3 is 17.9 Å². The van der Waals surface area contributed by atoms with E-state index in [-0.39, 0.29) is 31.1 Å². The molecule has 1 atom stereocenters. The van der Waals surface area contributed by atoms with E-state index in [1.807, 2.05) is 0 Å². The first-order chi connectivity index (χ1) is 32.5. The first-order valence-electron chi connectivity index (χ1n) is 28.3. The zero-order chi connectivity index (χ0) is 47.9. The Balaban J connectivity index is 4.37. The van der Waals surface area contributed by atoms with Crippen molar-refractivity contribution in [1.29, 1.82) is 0 Å². The Morgan fingerprint density at radius 1 is 0.303 bits per heavy atom. The molecule has 0 aliphatic carbocycles. The van der Waals surface area contributed by atoms with Gasteiger partial charge in [0.15, 0.2) is 6.10 Å². The molecule has 0 heterocycles. The Morgan fingerprint density at radius 2 is 0.561 bits per heavy atom. The van der Waals surface area contributed by atoms with Crippen LogP contribution in [-0.2, 0) is 28.6 Å². The Morgan fingerprint density at radius 3 is 0.909 bits per heavy atom. The summed E-state index contributed by atoms with van der Waals surface area (Å²) in [6.45, 7) is 6.56. The third-order valence-electron chi connectivity index (χ3n) is 12.3. The van der Waals surface area contributed by atoms with Gasteiger partial charge in [0.25, 0.3) is 0 Å². The topological polar surface area (TPSA) is 78.9 Å². The molecule has 0 spiro atoms. The van der Waals surface area contributed by atoms with Gasteiger partial charge in [-0.3, -0.25) is 14.4 Å². The van der Waals surface area contributed by atoms with Gasteiger partial charge in [-0.2, -0.15) is 0 Å². The Kier molecular flexibility index (Phi) is 52.3. The lowest BCUT2D eigenvalue weighted by atomic mass is 10.0. The maximum Gasteiger partial charge on any atom is 0.306 e. The van der Waals surface area contributed by atoms with Crippen molar-refractivity contribution >= 4 is 17.9 Å². The average molecular weight is 924 g/mol. The van der Waals surface area contributed by atoms with E-state index in [0.29, 0.717) is 19.3 Å². The molecule has 0 radical (unpaired) electrons. The van der Waals surface area contributed by atoms with Gasteiger partial charge < -0.3 is 14.2 Å². The van der Waals surface area contributed by atoms with Crippen molar-refractivity contribution in [3.8, 4) is 0 Å². The SMILES string of the molecule is CCCC/C=C\C=C/CCCCCC(=O)OCC(COC(=O)CCCCCCCCCCCCCCCCCCCCC)OC(=O)CCCCCCC\C=C/C=C\C=C/CCCCCCC. The molecule has 0 bridgehead atoms. The predicted molar refractivity (Wildman–Crippen MR) is 284 cm³/mol. The van der Waals surface area contributed by atoms with Crippen LogP contribution in [-0.4, -0.2) is 37.2 Å². The highest BCUT2D eigenvalue weighted by Gasteiger charge is 2.19. The van der Waals surface area contributed by atoms with Crippen LogP contribution in [0.5, 0.6) is 0 Å². The van der Waals surface area contributed by atoms with Gasteiger partial charge in [-0.1, -0.05) is 261 Å². The van der Waals surface area contributed by atoms with Crippen LogP contribution in [0.2, 0.25) is 0 Å². The zero-order valence-electron chi connectivity index (χ0n) is 43.7. The monoisotopic (exact) mass is 923 g/mol. The van der Waals surface area contributed by atoms with Crippen LogP contribution in [0.1, 0.15) is 284 Å². The third kappa shape index (κ3) is 52.1. The minimum absolute atomic E-state index is 0.0890. The molecule has 6 nitrogen and oxygen atoms in total. The van der Waals surface area contributed by atoms with Crippen LogP contribution in [0, 0.1) is 0 Å². The fourth-order valence-electron chi connectivity index (χ4n) is 8.01. The van der Waals surface area contributed by atoms with E-state index in [1.54, 1.807) is 0 Å². The second-order valence-electron chi connectivity index (χ2n) is 18.9. The number of esters is 3. The molecule has 0 N–H and O–H groups in total. The van der Waals surface area contributed by atoms with E-state index in [0.717, 1.165) is 96.3 Å². The second-order valence-corrected chi connectivity index (χ2v) is 18.9. The van der Waals surface area contributed by atoms with Crippen LogP contribution in [0.4, 0.5) is 0 Å². The van der Waals surface area contributed by atoms with E-state index >= 15 is 0 Å². The average Bonchev–Trinajstić information content (AvgIpc) is 3.31. The van der Waals surface area contributed by atoms with E-state index in [2.05, 4.69) is 81.5 Å². The van der Waals surface area contributed by atoms with Crippen LogP contribution >= 0.6 is 0 Å². The molecule has 6 heteroatoms. The lowest BCUT2D eigenvalue weighted by molar-refractivity contribution is -0.167. The minimum atomic E-state index is -0.794. The lowest BCUT2D eigenvalue weighted by Crippen LogP contribution is -2.30. The van der Waals surface area contributed by atoms with Crippen molar-refractivity contribution in [2.24, 2.45) is 0 Å². The van der Waals surface area contributed by atoms with Gasteiger partial charge in [-0.25, -0.2) is 0 Å². The summed E-state index contributed by atoms with van der Waals surface area (Å²) >= 11 is 0. The summed E-state index contributed by atoms with van der Waals surface area (Å²) in [5, 5.41) is 0. The summed E-state index contributed by atoms with van der Waals surface area (Å²) in [4.78, 5) is 38.1. The number of ether oxygens (including phenoxy) is 3. The number of allylic oxidation sites excluding steroid dienone is 10. The molecule has 0 saturated carbocycles. The molecule has 0 amide bonds. The van der Waals surface area contributed by atoms with Crippen molar-refractivity contribution in [2.75, 3.05) is 13.2 Å². The molecule has 0 aromatic rings. The summed E-state index contributed by atoms with van der Waals surface area (Å²) in [5.41, 5.74) is 0. The van der Waals surface area contributed by atoms with Crippen LogP contribution < -0.4 is 0 Å². The van der Waals surface area contributed by atoms with E-state index in [4.69, 9.17) is 14.2 Å². The summed E-state index contributed by atoms with van der Waals surface area (Å²) in [5.74, 6) is -0.928. The molecular weight excluding hydrogens is 817 g/mol. The molecule has 0 aromatic heterocycles. The highest BCUT2D eigenvalue weighted by Crippen LogP contribution is 2.16. The van der Waals surface area contributed by atoms with Crippen molar-refractivity contribution in [2.45, 2.75) is 290 Å². The summed E-state index contributed by atoms with van der Waals surface area (Å²) in [7, 11) is 0. The molecule has 0 aliphatic heterocycles. The van der Waals surface area contributed by atoms with E-state index in [9.17, 15) is 14.4 Å². The summed E-state index contributed by atoms with van der Waals surface area (Å²) in [6.07, 6.45) is 67.9. The molecule has 0 aromatic carbocycles. The minimum Gasteiger partial charge on any atom is -0.462 e. The number of carbonyl (C=O) groups excluding carboxylic acids is 3. The maximum atomic E-state index is 12.8. The maximum absolute atomic E-state index is 12.8. The highest BCUT2D eigenvalue weighted by atomic mass is 16.6. The largest absolute Gasteiger partial charge is 0.462 e. The standard InChI is InChI=1S/C60H106O6/c1-4-7-10-13-16-19-22-24-26-28-30-32-33-35-38-41-44-47-50-53-59(62)65-56-57(55-64-58(61)52-49-46-43-40-37-21-18-15-12-9-6-3)66-60(63)54-51-48-45-42-39-36-34-31-29-27-25-23-20-17-14-11-8-5-2/h15,18,21,23,25,27,29,31,34,37,57H,4-14,16-17,19-20,22,24,26,28,30,32-33,35-36,38-56H2,1-3H3/b18-15-,25-23-,29-27-,34-31-,37-21-. The van der Waals surface area contributed by atoms with Gasteiger partial charge in [-0.05, 0) is 64.2 Å². The molecular formula is C60H106O6. The fraction of sp³-hybridized carbons (Fsp3) is 0.783. The number of hydrogen-bond acceptors (Lipinski definition) is 6. The predicted octanol–water partition coefficient (Wildman–Crippen LogP) is 18.8. The number of hydrogen-bond donors (Lipinski definition) is 0. The first kappa shape index (κ1) is 63.1. The zero-order valence-corrected chi connectivity index (χ0v) is 43.7. The Labute approximate surface area is 409 Å². The van der Waals surface area contributed by atoms with Gasteiger partial charge in [0.2, 0.25) is 0 Å². The van der Waals surface area contributed by atoms with E-state index < -0.39 is 6.10 Å². The number of unbranched alkanes of at least 4 members (excludes halogenated alkanes) is 33. The summed E-state index contributed by atoms with van der Waals surface area (Å²) < 4.78 is 16.8. The van der Waals surface area contributed by atoms with Crippen LogP contribution in [0.25, 0.3) is 0 Å². The molecule has 382 valence electrons. The molecule has 66 heavy (non-hydrogen) atoms. The molecule has 1 unspecified atom stereocenters. The normalized spacial score (nSPS) is 12.5. The van der Waals surface area contributed by atoms with E-state index in [1.165, 1.54) is 148 Å². The van der Waals surface area contributed by atoms with Gasteiger partial charge in [0.05, 0.1) is 0 Å². The first-order valence-corrected chi connectivity index (χ1v) is 28.3. The highest BCUT2D eigenvalue weighted by molar-refractivity contribution is 5.71. The smallest absolute Gasteiger partial charge is 0.306 e. The van der Waals surface area contributed by atoms with Crippen LogP contribution in [0.3, 0.4) is 0 Å². The molecule has 0 aliphatic rings. The van der Waals surface area contributed by atoms with Crippen molar-refractivity contribution in [3.63, 3.8) is 0 Å². The number of carbonyl (C=O) groups is 3. The molecule has 0 saturated heterocycles. The Hall–Kier alpha value is -2.89. The molecule has 0 fully saturated rings. The fourth-order valence-corrected chi connectivity index (χ4v) is 8.01. The van der Waals surface area contributed by atoms with Gasteiger partial charge in [0, 0.05) is 19.3 Å². The lowest BCUT2D eigenvalue weighted by Gasteiger charge is -2.18. The van der Waals surface area contributed by atoms with Gasteiger partial charge in [0.1, 0.15) is 13.2 Å². The van der Waals surface area contributed by atoms with Crippen molar-refractivity contribution < 1.29 is 28.6 Å². The second kappa shape index (κ2) is 54.7. The van der Waals surface area contributed by atoms with Gasteiger partial charge in [-0.15, -0.1) is 0 Å². The summed E-state index contributed by atoms with van der Waals surface area (Å²) in [6, 6.07) is 0. The Bertz CT molecular complexity index is 1200. The molecule has 0 rings (SSSR count). The number of rotatable bonds is 51. The quantitative estimate of drug-likeness (QED) is 0.0262. The van der Waals surface area contributed by atoms with Crippen molar-refractivity contribution in [1.82, 2.24) is 0 Å². The van der Waals surface area contributed by atoms with Crippen molar-refractivity contribution in [3.05, 3.63) is 60.8 Å². The van der Waals surface area contributed by atoms with Crippen LogP contribution in [0.15, 0.2) is 60.8 Å².